The maximum Gasteiger partial charge on any atom is 0.433 e. The monoisotopic (exact) mass is 1020 g/mol. The van der Waals surface area contributed by atoms with Crippen LogP contribution in [0.4, 0.5) is 32.0 Å². The average Bonchev–Trinajstić information content (AvgIpc) is 3.90. The number of fused-ring (bicyclic) bond motifs is 4. The van der Waals surface area contributed by atoms with Gasteiger partial charge < -0.3 is 29.4 Å². The molecule has 0 saturated heterocycles. The summed E-state index contributed by atoms with van der Waals surface area (Å²) in [4.78, 5) is 54.3. The Morgan fingerprint density at radius 1 is 0.681 bits per heavy atom. The van der Waals surface area contributed by atoms with Crippen molar-refractivity contribution in [1.29, 1.82) is 0 Å². The summed E-state index contributed by atoms with van der Waals surface area (Å²) in [7, 11) is -4.67. The molecule has 4 aliphatic heterocycles. The minimum Gasteiger partial charge on any atom is -0.491 e. The van der Waals surface area contributed by atoms with Crippen LogP contribution >= 0.6 is 0 Å². The number of nitrogens with zero attached hydrogens (tertiary/aromatic N) is 5. The third-order valence-electron chi connectivity index (χ3n) is 10.8. The molecule has 4 aliphatic rings. The second kappa shape index (κ2) is 21.1. The molecule has 376 valence electrons. The van der Waals surface area contributed by atoms with Gasteiger partial charge in [-0.25, -0.2) is 4.85 Å². The Morgan fingerprint density at radius 3 is 1.71 bits per heavy atom. The van der Waals surface area contributed by atoms with Crippen molar-refractivity contribution in [2.75, 3.05) is 13.2 Å². The SMILES string of the molecule is C.O=C1Cc2cc(C(=O)NC3(c4ccc(C(F)(F)F)nc4)CCOc4cccnc43)ccc2O1.O=S(=O)(O)O.OC1(c2ccc(C(F)(F)F)nc2)CCOc2cccnc21.[C-]#[N+]c1ccc2c(c1)CC(=O)O2. The first-order chi connectivity index (χ1) is 33.5. The quantitative estimate of drug-likeness (QED) is 0.0436. The Balaban J connectivity index is 0.000000184. The molecule has 0 spiro atoms. The second-order valence-corrected chi connectivity index (χ2v) is 16.3. The van der Waals surface area contributed by atoms with Crippen molar-refractivity contribution in [3.63, 3.8) is 0 Å². The highest BCUT2D eigenvalue weighted by Crippen LogP contribution is 2.43. The average molecular weight is 1020 g/mol. The predicted octanol–water partition coefficient (Wildman–Crippen LogP) is 7.61. The number of hydrogen-bond acceptors (Lipinski definition) is 14. The summed E-state index contributed by atoms with van der Waals surface area (Å²) in [6.45, 7) is 7.20. The Morgan fingerprint density at radius 2 is 1.18 bits per heavy atom. The predicted molar refractivity (Wildman–Crippen MR) is 237 cm³/mol. The van der Waals surface area contributed by atoms with Crippen LogP contribution in [0.25, 0.3) is 4.85 Å². The summed E-state index contributed by atoms with van der Waals surface area (Å²) in [5, 5.41) is 13.8. The molecule has 25 heteroatoms. The molecule has 10 rings (SSSR count). The van der Waals surface area contributed by atoms with Gasteiger partial charge in [-0.1, -0.05) is 25.6 Å². The number of benzene rings is 2. The molecule has 8 heterocycles. The van der Waals surface area contributed by atoms with Gasteiger partial charge in [0.25, 0.3) is 5.91 Å². The van der Waals surface area contributed by atoms with Crippen LogP contribution in [0.2, 0.25) is 0 Å². The zero-order chi connectivity index (χ0) is 51.4. The Bertz CT molecular complexity index is 3150. The summed E-state index contributed by atoms with van der Waals surface area (Å²) in [6, 6.07) is 20.5. The van der Waals surface area contributed by atoms with E-state index in [-0.39, 0.29) is 62.7 Å². The lowest BCUT2D eigenvalue weighted by Crippen LogP contribution is -2.50. The fourth-order valence-electron chi connectivity index (χ4n) is 7.61. The first-order valence-corrected chi connectivity index (χ1v) is 21.9. The van der Waals surface area contributed by atoms with Gasteiger partial charge in [-0.05, 0) is 72.3 Å². The number of hydrogen-bond donors (Lipinski definition) is 4. The largest absolute Gasteiger partial charge is 0.491 e. The van der Waals surface area contributed by atoms with Crippen LogP contribution in [-0.4, -0.2) is 73.6 Å². The van der Waals surface area contributed by atoms with E-state index >= 15 is 0 Å². The lowest BCUT2D eigenvalue weighted by Gasteiger charge is -2.38. The van der Waals surface area contributed by atoms with Gasteiger partial charge in [0.2, 0.25) is 0 Å². The van der Waals surface area contributed by atoms with Crippen LogP contribution in [0.5, 0.6) is 23.0 Å². The lowest BCUT2D eigenvalue weighted by atomic mass is 9.81. The molecule has 6 aromatic rings. The zero-order valence-electron chi connectivity index (χ0n) is 36.1. The number of pyridine rings is 4. The highest BCUT2D eigenvalue weighted by Gasteiger charge is 2.44. The Kier molecular flexibility index (Phi) is 15.6. The van der Waals surface area contributed by atoms with Gasteiger partial charge in [-0.3, -0.25) is 43.4 Å². The first-order valence-electron chi connectivity index (χ1n) is 20.5. The van der Waals surface area contributed by atoms with Crippen molar-refractivity contribution >= 4 is 33.9 Å². The van der Waals surface area contributed by atoms with E-state index in [0.29, 0.717) is 51.9 Å². The molecule has 4 N–H and O–H groups in total. The Hall–Kier alpha value is -8.05. The van der Waals surface area contributed by atoms with Gasteiger partial charge in [0.05, 0.1) is 32.6 Å². The summed E-state index contributed by atoms with van der Waals surface area (Å²) in [5.74, 6) is 0.687. The number of alkyl halides is 6. The number of esters is 2. The van der Waals surface area contributed by atoms with Gasteiger partial charge in [0.15, 0.2) is 5.69 Å². The van der Waals surface area contributed by atoms with Crippen LogP contribution in [-0.2, 0) is 56.3 Å². The molecule has 2 unspecified atom stereocenters. The molecular formula is C47H38F6N6O12S. The third-order valence-corrected chi connectivity index (χ3v) is 10.8. The summed E-state index contributed by atoms with van der Waals surface area (Å²) >= 11 is 0. The van der Waals surface area contributed by atoms with Crippen LogP contribution in [0, 0.1) is 6.57 Å². The fourth-order valence-corrected chi connectivity index (χ4v) is 7.61. The molecule has 1 amide bonds. The topological polar surface area (TPSA) is 251 Å². The smallest absolute Gasteiger partial charge is 0.433 e. The van der Waals surface area contributed by atoms with E-state index in [1.807, 2.05) is 0 Å². The van der Waals surface area contributed by atoms with E-state index in [1.165, 1.54) is 36.7 Å². The van der Waals surface area contributed by atoms with Gasteiger partial charge in [-0.2, -0.15) is 34.8 Å². The molecule has 2 aromatic carbocycles. The molecule has 0 fully saturated rings. The van der Waals surface area contributed by atoms with Gasteiger partial charge in [0.1, 0.15) is 56.9 Å². The van der Waals surface area contributed by atoms with Crippen LogP contribution in [0.1, 0.15) is 75.7 Å². The fraction of sp³-hybridized carbons (Fsp3) is 0.234. The van der Waals surface area contributed by atoms with E-state index < -0.39 is 57.2 Å². The minimum absolute atomic E-state index is 0. The molecule has 2 atom stereocenters. The molecule has 0 radical (unpaired) electrons. The molecule has 72 heavy (non-hydrogen) atoms. The van der Waals surface area contributed by atoms with E-state index in [1.54, 1.807) is 48.5 Å². The number of ether oxygens (including phenoxy) is 4. The van der Waals surface area contributed by atoms with Gasteiger partial charge in [-0.15, -0.1) is 0 Å². The number of halogens is 6. The molecule has 18 nitrogen and oxygen atoms in total. The number of carbonyl (C=O) groups is 3. The molecule has 0 saturated carbocycles. The van der Waals surface area contributed by atoms with Crippen molar-refractivity contribution in [1.82, 2.24) is 25.3 Å². The van der Waals surface area contributed by atoms with Crippen molar-refractivity contribution < 1.29 is 82.3 Å². The van der Waals surface area contributed by atoms with Crippen LogP contribution in [0.3, 0.4) is 0 Å². The second-order valence-electron chi connectivity index (χ2n) is 15.5. The Labute approximate surface area is 405 Å². The molecular weight excluding hydrogens is 987 g/mol. The van der Waals surface area contributed by atoms with E-state index in [9.17, 15) is 45.8 Å². The van der Waals surface area contributed by atoms with Gasteiger partial charge in [0, 0.05) is 59.9 Å². The maximum atomic E-state index is 13.3. The number of nitrogens with one attached hydrogen (secondary N) is 1. The van der Waals surface area contributed by atoms with Crippen LogP contribution < -0.4 is 24.3 Å². The summed E-state index contributed by atoms with van der Waals surface area (Å²) in [6.07, 6.45) is -3.18. The number of aromatic nitrogens is 4. The molecule has 4 aromatic heterocycles. The molecule has 0 bridgehead atoms. The van der Waals surface area contributed by atoms with Crippen molar-refractivity contribution in [2.24, 2.45) is 0 Å². The lowest BCUT2D eigenvalue weighted by molar-refractivity contribution is -0.142. The van der Waals surface area contributed by atoms with Crippen molar-refractivity contribution in [3.05, 3.63) is 172 Å². The van der Waals surface area contributed by atoms with Crippen molar-refractivity contribution in [2.45, 2.75) is 56.6 Å². The third kappa shape index (κ3) is 12.3. The standard InChI is InChI=1S/C23H16F3N3O4.C14H11F3N2O2.C9H5NO2.CH4.H2O4S/c24-23(25,26)18-6-4-15(12-28-18)22(7-9-32-17-2-1-8-27-20(17)22)29-21(31)13-3-5-16-14(10-13)11-19(30)33-16;15-14(16,17)11-4-3-9(8-19-11)13(20)5-7-21-10-2-1-6-18-12(10)13;1-10-7-2-3-8-6(4-7)5-9(11)12-8;;1-5(2,3)4/h1-6,8,10,12H,7,9,11H2,(H,29,31);1-4,6,8,20H,5,7H2;2-4H,5H2;1H4;(H2,1,2,3,4). The highest BCUT2D eigenvalue weighted by molar-refractivity contribution is 7.79. The highest BCUT2D eigenvalue weighted by atomic mass is 32.3. The zero-order valence-corrected chi connectivity index (χ0v) is 36.9. The summed E-state index contributed by atoms with van der Waals surface area (Å²) < 4.78 is 129. The number of aliphatic hydroxyl groups is 1. The van der Waals surface area contributed by atoms with E-state index in [0.717, 1.165) is 30.1 Å². The minimum atomic E-state index is -4.67. The van der Waals surface area contributed by atoms with Crippen molar-refractivity contribution in [3.8, 4) is 23.0 Å². The normalized spacial score (nSPS) is 18.1. The number of carbonyl (C=O) groups excluding carboxylic acids is 3. The molecule has 0 aliphatic carbocycles. The van der Waals surface area contributed by atoms with E-state index in [4.69, 9.17) is 43.0 Å². The maximum absolute atomic E-state index is 13.3. The first kappa shape index (κ1) is 53.3. The van der Waals surface area contributed by atoms with E-state index in [2.05, 4.69) is 30.1 Å². The number of amides is 1. The van der Waals surface area contributed by atoms with Gasteiger partial charge >= 0.3 is 34.7 Å². The van der Waals surface area contributed by atoms with Crippen LogP contribution in [0.15, 0.2) is 110 Å². The summed E-state index contributed by atoms with van der Waals surface area (Å²) in [5.41, 5.74) is -1.32. The number of rotatable bonds is 4.